The monoisotopic (exact) mass is 236 g/mol. The third-order valence-electron chi connectivity index (χ3n) is 3.05. The first-order valence-corrected chi connectivity index (χ1v) is 5.92. The number of nitrogens with one attached hydrogen (secondary N) is 1. The predicted octanol–water partition coefficient (Wildman–Crippen LogP) is 2.26. The Hall–Kier alpha value is -1.42. The topological polar surface area (TPSA) is 56.5 Å². The molecule has 2 rings (SSSR count). The van der Waals surface area contributed by atoms with E-state index in [1.54, 1.807) is 7.11 Å². The summed E-state index contributed by atoms with van der Waals surface area (Å²) in [5.41, 5.74) is 7.50. The van der Waals surface area contributed by atoms with Crippen molar-refractivity contribution in [3.63, 3.8) is 0 Å². The Morgan fingerprint density at radius 3 is 2.88 bits per heavy atom. The van der Waals surface area contributed by atoms with Crippen molar-refractivity contribution < 1.29 is 9.47 Å². The van der Waals surface area contributed by atoms with Crippen LogP contribution in [0, 0.1) is 0 Å². The van der Waals surface area contributed by atoms with Crippen molar-refractivity contribution in [2.75, 3.05) is 31.4 Å². The van der Waals surface area contributed by atoms with E-state index >= 15 is 0 Å². The van der Waals surface area contributed by atoms with Crippen LogP contribution in [0.1, 0.15) is 19.8 Å². The van der Waals surface area contributed by atoms with E-state index < -0.39 is 0 Å². The van der Waals surface area contributed by atoms with Crippen LogP contribution in [0.2, 0.25) is 0 Å². The van der Waals surface area contributed by atoms with Crippen LogP contribution in [0.3, 0.4) is 0 Å². The molecule has 4 heteroatoms. The smallest absolute Gasteiger partial charge is 0.122 e. The molecule has 1 aliphatic rings. The number of methoxy groups -OCH3 is 1. The van der Waals surface area contributed by atoms with E-state index in [4.69, 9.17) is 15.2 Å². The van der Waals surface area contributed by atoms with Crippen molar-refractivity contribution in [3.8, 4) is 5.75 Å². The molecule has 0 bridgehead atoms. The van der Waals surface area contributed by atoms with E-state index in [0.717, 1.165) is 37.5 Å². The summed E-state index contributed by atoms with van der Waals surface area (Å²) in [6.45, 7) is 3.75. The lowest BCUT2D eigenvalue weighted by Crippen LogP contribution is -2.43. The van der Waals surface area contributed by atoms with Gasteiger partial charge in [-0.1, -0.05) is 0 Å². The van der Waals surface area contributed by atoms with Crippen LogP contribution < -0.4 is 15.8 Å². The van der Waals surface area contributed by atoms with Gasteiger partial charge in [0.2, 0.25) is 0 Å². The van der Waals surface area contributed by atoms with Crippen molar-refractivity contribution in [1.82, 2.24) is 0 Å². The Kier molecular flexibility index (Phi) is 3.43. The van der Waals surface area contributed by atoms with E-state index in [0.29, 0.717) is 5.69 Å². The molecule has 0 aliphatic carbocycles. The second kappa shape index (κ2) is 4.84. The van der Waals surface area contributed by atoms with Gasteiger partial charge in [-0.15, -0.1) is 0 Å². The molecule has 0 aromatic heterocycles. The van der Waals surface area contributed by atoms with Crippen molar-refractivity contribution in [1.29, 1.82) is 0 Å². The normalized spacial score (nSPS) is 24.4. The van der Waals surface area contributed by atoms with Gasteiger partial charge in [0, 0.05) is 30.1 Å². The molecule has 1 aromatic rings. The van der Waals surface area contributed by atoms with Gasteiger partial charge in [0.1, 0.15) is 5.75 Å². The molecule has 1 heterocycles. The standard InChI is InChI=1S/C13H20N2O2/c1-13(4-3-5-17-9-13)15-11-6-10(14)7-12(8-11)16-2/h6-8,15H,3-5,9,14H2,1-2H3. The van der Waals surface area contributed by atoms with Gasteiger partial charge in [-0.2, -0.15) is 0 Å². The molecule has 4 nitrogen and oxygen atoms in total. The first-order valence-electron chi connectivity index (χ1n) is 5.92. The first-order chi connectivity index (χ1) is 8.11. The fourth-order valence-electron chi connectivity index (χ4n) is 2.19. The second-order valence-corrected chi connectivity index (χ2v) is 4.84. The molecular formula is C13H20N2O2. The van der Waals surface area contributed by atoms with Gasteiger partial charge in [-0.25, -0.2) is 0 Å². The molecule has 17 heavy (non-hydrogen) atoms. The zero-order valence-electron chi connectivity index (χ0n) is 10.5. The molecule has 3 N–H and O–H groups in total. The molecule has 1 fully saturated rings. The molecule has 0 radical (unpaired) electrons. The number of ether oxygens (including phenoxy) is 2. The molecule has 1 aliphatic heterocycles. The lowest BCUT2D eigenvalue weighted by atomic mass is 9.94. The first kappa shape index (κ1) is 12.0. The van der Waals surface area contributed by atoms with Crippen LogP contribution in [0.25, 0.3) is 0 Å². The fourth-order valence-corrected chi connectivity index (χ4v) is 2.19. The maximum atomic E-state index is 5.83. The number of rotatable bonds is 3. The van der Waals surface area contributed by atoms with E-state index in [9.17, 15) is 0 Å². The third-order valence-corrected chi connectivity index (χ3v) is 3.05. The number of anilines is 2. The lowest BCUT2D eigenvalue weighted by molar-refractivity contribution is 0.0540. The predicted molar refractivity (Wildman–Crippen MR) is 69.5 cm³/mol. The highest BCUT2D eigenvalue weighted by molar-refractivity contribution is 5.60. The van der Waals surface area contributed by atoms with Gasteiger partial charge in [0.15, 0.2) is 0 Å². The largest absolute Gasteiger partial charge is 0.497 e. The molecule has 94 valence electrons. The van der Waals surface area contributed by atoms with E-state index in [1.807, 2.05) is 18.2 Å². The van der Waals surface area contributed by atoms with Gasteiger partial charge >= 0.3 is 0 Å². The number of nitrogen functional groups attached to an aromatic ring is 1. The van der Waals surface area contributed by atoms with Crippen molar-refractivity contribution in [2.24, 2.45) is 0 Å². The van der Waals surface area contributed by atoms with Crippen LogP contribution >= 0.6 is 0 Å². The number of hydrogen-bond donors (Lipinski definition) is 2. The van der Waals surface area contributed by atoms with Crippen molar-refractivity contribution in [3.05, 3.63) is 18.2 Å². The van der Waals surface area contributed by atoms with Gasteiger partial charge < -0.3 is 20.5 Å². The molecule has 1 aromatic carbocycles. The Morgan fingerprint density at radius 2 is 2.24 bits per heavy atom. The van der Waals surface area contributed by atoms with E-state index in [-0.39, 0.29) is 5.54 Å². The highest BCUT2D eigenvalue weighted by atomic mass is 16.5. The summed E-state index contributed by atoms with van der Waals surface area (Å²) in [5.74, 6) is 0.771. The minimum atomic E-state index is -0.0168. The summed E-state index contributed by atoms with van der Waals surface area (Å²) in [6, 6.07) is 5.68. The average molecular weight is 236 g/mol. The third kappa shape index (κ3) is 3.03. The molecule has 0 spiro atoms. The average Bonchev–Trinajstić information content (AvgIpc) is 2.28. The van der Waals surface area contributed by atoms with Crippen molar-refractivity contribution in [2.45, 2.75) is 25.3 Å². The van der Waals surface area contributed by atoms with Crippen LogP contribution in [-0.2, 0) is 4.74 Å². The zero-order valence-corrected chi connectivity index (χ0v) is 10.5. The maximum Gasteiger partial charge on any atom is 0.122 e. The summed E-state index contributed by atoms with van der Waals surface area (Å²) in [6.07, 6.45) is 2.19. The summed E-state index contributed by atoms with van der Waals surface area (Å²) in [5, 5.41) is 3.49. The second-order valence-electron chi connectivity index (χ2n) is 4.84. The van der Waals surface area contributed by atoms with Crippen molar-refractivity contribution >= 4 is 11.4 Å². The Morgan fingerprint density at radius 1 is 1.41 bits per heavy atom. The van der Waals surface area contributed by atoms with Crippen LogP contribution in [0.5, 0.6) is 5.75 Å². The summed E-state index contributed by atoms with van der Waals surface area (Å²) >= 11 is 0. The minimum Gasteiger partial charge on any atom is -0.497 e. The van der Waals surface area contributed by atoms with Gasteiger partial charge in [0.25, 0.3) is 0 Å². The van der Waals surface area contributed by atoms with Gasteiger partial charge in [0.05, 0.1) is 19.3 Å². The Balaban J connectivity index is 2.14. The highest BCUT2D eigenvalue weighted by Gasteiger charge is 2.27. The summed E-state index contributed by atoms with van der Waals surface area (Å²) in [4.78, 5) is 0. The molecule has 1 unspecified atom stereocenters. The van der Waals surface area contributed by atoms with Crippen LogP contribution in [0.4, 0.5) is 11.4 Å². The minimum absolute atomic E-state index is 0.0168. The number of hydrogen-bond acceptors (Lipinski definition) is 4. The fraction of sp³-hybridized carbons (Fsp3) is 0.538. The van der Waals surface area contributed by atoms with E-state index in [1.165, 1.54) is 0 Å². The molecular weight excluding hydrogens is 216 g/mol. The molecule has 1 atom stereocenters. The Bertz CT molecular complexity index is 387. The zero-order chi connectivity index (χ0) is 12.3. The number of benzene rings is 1. The van der Waals surface area contributed by atoms with E-state index in [2.05, 4.69) is 12.2 Å². The molecule has 0 amide bonds. The SMILES string of the molecule is COc1cc(N)cc(NC2(C)CCCOC2)c1. The van der Waals surface area contributed by atoms with Gasteiger partial charge in [-0.05, 0) is 25.8 Å². The van der Waals surface area contributed by atoms with Crippen LogP contribution in [0.15, 0.2) is 18.2 Å². The Labute approximate surface area is 102 Å². The summed E-state index contributed by atoms with van der Waals surface area (Å²) in [7, 11) is 1.64. The highest BCUT2D eigenvalue weighted by Crippen LogP contribution is 2.28. The maximum absolute atomic E-state index is 5.83. The molecule has 1 saturated heterocycles. The molecule has 0 saturated carbocycles. The lowest BCUT2D eigenvalue weighted by Gasteiger charge is -2.35. The van der Waals surface area contributed by atoms with Crippen LogP contribution in [-0.4, -0.2) is 25.9 Å². The summed E-state index contributed by atoms with van der Waals surface area (Å²) < 4.78 is 10.7. The number of nitrogens with two attached hydrogens (primary N) is 1. The van der Waals surface area contributed by atoms with Gasteiger partial charge in [-0.3, -0.25) is 0 Å². The quantitative estimate of drug-likeness (QED) is 0.790.